The number of para-hydroxylation sites is 1. The minimum atomic E-state index is -0.196. The molecule has 1 heterocycles. The molecule has 5 heteroatoms. The standard InChI is InChI=1S/C18H23N3O2/c1-4-14-7-5-6-13(2)17(14)21-15-8-9-16(20-12-15)18(22)19-10-11-23-3/h5-9,12,21H,4,10-11H2,1-3H3,(H,19,22). The number of anilines is 2. The number of nitrogens with zero attached hydrogens (tertiary/aromatic N) is 1. The summed E-state index contributed by atoms with van der Waals surface area (Å²) >= 11 is 0. The molecule has 0 fully saturated rings. The van der Waals surface area contributed by atoms with Gasteiger partial charge in [-0.3, -0.25) is 4.79 Å². The first-order valence-electron chi connectivity index (χ1n) is 7.74. The Balaban J connectivity index is 2.07. The van der Waals surface area contributed by atoms with Gasteiger partial charge in [0.15, 0.2) is 0 Å². The van der Waals surface area contributed by atoms with Crippen molar-refractivity contribution in [2.24, 2.45) is 0 Å². The molecule has 2 rings (SSSR count). The van der Waals surface area contributed by atoms with E-state index < -0.39 is 0 Å². The Morgan fingerprint density at radius 1 is 1.26 bits per heavy atom. The van der Waals surface area contributed by atoms with Crippen LogP contribution in [0.4, 0.5) is 11.4 Å². The van der Waals surface area contributed by atoms with Gasteiger partial charge in [0.2, 0.25) is 0 Å². The van der Waals surface area contributed by atoms with Gasteiger partial charge in [-0.2, -0.15) is 0 Å². The first-order chi connectivity index (χ1) is 11.2. The number of amides is 1. The first kappa shape index (κ1) is 17.0. The largest absolute Gasteiger partial charge is 0.383 e. The monoisotopic (exact) mass is 313 g/mol. The van der Waals surface area contributed by atoms with Crippen molar-refractivity contribution in [1.82, 2.24) is 10.3 Å². The number of hydrogen-bond acceptors (Lipinski definition) is 4. The van der Waals surface area contributed by atoms with Crippen LogP contribution in [0.25, 0.3) is 0 Å². The molecule has 0 aliphatic heterocycles. The molecule has 0 aliphatic carbocycles. The van der Waals surface area contributed by atoms with Gasteiger partial charge in [-0.25, -0.2) is 4.98 Å². The van der Waals surface area contributed by atoms with Crippen LogP contribution in [0.15, 0.2) is 36.5 Å². The molecule has 0 radical (unpaired) electrons. The number of nitrogens with one attached hydrogen (secondary N) is 2. The highest BCUT2D eigenvalue weighted by Crippen LogP contribution is 2.25. The Labute approximate surface area is 137 Å². The van der Waals surface area contributed by atoms with Crippen LogP contribution < -0.4 is 10.6 Å². The van der Waals surface area contributed by atoms with Crippen LogP contribution >= 0.6 is 0 Å². The second-order valence-corrected chi connectivity index (χ2v) is 5.27. The van der Waals surface area contributed by atoms with Gasteiger partial charge in [0.1, 0.15) is 5.69 Å². The van der Waals surface area contributed by atoms with Gasteiger partial charge >= 0.3 is 0 Å². The van der Waals surface area contributed by atoms with E-state index in [2.05, 4.69) is 47.7 Å². The number of rotatable bonds is 7. The van der Waals surface area contributed by atoms with Gasteiger partial charge in [0.25, 0.3) is 5.91 Å². The molecule has 0 aliphatic rings. The number of aromatic nitrogens is 1. The second-order valence-electron chi connectivity index (χ2n) is 5.27. The van der Waals surface area contributed by atoms with Gasteiger partial charge < -0.3 is 15.4 Å². The summed E-state index contributed by atoms with van der Waals surface area (Å²) in [5.41, 5.74) is 4.81. The van der Waals surface area contributed by atoms with E-state index in [1.54, 1.807) is 19.4 Å². The maximum atomic E-state index is 11.9. The lowest BCUT2D eigenvalue weighted by Gasteiger charge is -2.14. The predicted octanol–water partition coefficient (Wildman–Crippen LogP) is 3.07. The average molecular weight is 313 g/mol. The molecule has 122 valence electrons. The molecule has 0 unspecified atom stereocenters. The lowest BCUT2D eigenvalue weighted by Crippen LogP contribution is -2.27. The Hall–Kier alpha value is -2.40. The van der Waals surface area contributed by atoms with E-state index in [4.69, 9.17) is 4.74 Å². The number of benzene rings is 1. The Bertz CT molecular complexity index is 654. The summed E-state index contributed by atoms with van der Waals surface area (Å²) in [5, 5.41) is 6.15. The fraction of sp³-hybridized carbons (Fsp3) is 0.333. The van der Waals surface area contributed by atoms with Crippen molar-refractivity contribution in [1.29, 1.82) is 0 Å². The molecule has 2 N–H and O–H groups in total. The van der Waals surface area contributed by atoms with Gasteiger partial charge in [-0.1, -0.05) is 25.1 Å². The molecule has 0 atom stereocenters. The molecule has 0 bridgehead atoms. The zero-order valence-electron chi connectivity index (χ0n) is 13.8. The van der Waals surface area contributed by atoms with Crippen molar-refractivity contribution < 1.29 is 9.53 Å². The van der Waals surface area contributed by atoms with E-state index in [0.29, 0.717) is 18.8 Å². The maximum absolute atomic E-state index is 11.9. The third-order valence-electron chi connectivity index (χ3n) is 3.60. The van der Waals surface area contributed by atoms with Crippen LogP contribution in [-0.2, 0) is 11.2 Å². The normalized spacial score (nSPS) is 10.4. The number of carbonyl (C=O) groups is 1. The number of pyridine rings is 1. The molecule has 2 aromatic rings. The Morgan fingerprint density at radius 2 is 2.09 bits per heavy atom. The minimum absolute atomic E-state index is 0.196. The van der Waals surface area contributed by atoms with Crippen LogP contribution in [-0.4, -0.2) is 31.2 Å². The highest BCUT2D eigenvalue weighted by Gasteiger charge is 2.08. The smallest absolute Gasteiger partial charge is 0.269 e. The van der Waals surface area contributed by atoms with E-state index in [1.165, 1.54) is 11.1 Å². The fourth-order valence-electron chi connectivity index (χ4n) is 2.31. The van der Waals surface area contributed by atoms with Crippen molar-refractivity contribution in [3.63, 3.8) is 0 Å². The Morgan fingerprint density at radius 3 is 2.74 bits per heavy atom. The average Bonchev–Trinajstić information content (AvgIpc) is 2.57. The summed E-state index contributed by atoms with van der Waals surface area (Å²) in [6.07, 6.45) is 2.63. The molecule has 23 heavy (non-hydrogen) atoms. The maximum Gasteiger partial charge on any atom is 0.269 e. The zero-order valence-corrected chi connectivity index (χ0v) is 13.8. The Kier molecular flexibility index (Phi) is 6.11. The number of aryl methyl sites for hydroxylation is 2. The molecular formula is C18H23N3O2. The second kappa shape index (κ2) is 8.29. The lowest BCUT2D eigenvalue weighted by molar-refractivity contribution is 0.0932. The molecule has 0 saturated heterocycles. The van der Waals surface area contributed by atoms with Crippen molar-refractivity contribution in [3.8, 4) is 0 Å². The lowest BCUT2D eigenvalue weighted by atomic mass is 10.1. The minimum Gasteiger partial charge on any atom is -0.383 e. The summed E-state index contributed by atoms with van der Waals surface area (Å²) in [7, 11) is 1.60. The summed E-state index contributed by atoms with van der Waals surface area (Å²) in [5.74, 6) is -0.196. The molecule has 1 aromatic heterocycles. The highest BCUT2D eigenvalue weighted by atomic mass is 16.5. The van der Waals surface area contributed by atoms with Gasteiger partial charge in [-0.05, 0) is 36.6 Å². The van der Waals surface area contributed by atoms with E-state index in [-0.39, 0.29) is 5.91 Å². The van der Waals surface area contributed by atoms with Crippen molar-refractivity contribution in [3.05, 3.63) is 53.3 Å². The van der Waals surface area contributed by atoms with E-state index in [9.17, 15) is 4.79 Å². The summed E-state index contributed by atoms with van der Waals surface area (Å²) in [6.45, 7) is 5.16. The molecule has 1 aromatic carbocycles. The molecule has 0 spiro atoms. The zero-order chi connectivity index (χ0) is 16.7. The highest BCUT2D eigenvalue weighted by molar-refractivity contribution is 5.92. The van der Waals surface area contributed by atoms with E-state index in [0.717, 1.165) is 17.8 Å². The summed E-state index contributed by atoms with van der Waals surface area (Å²) < 4.78 is 4.90. The number of hydrogen-bond donors (Lipinski definition) is 2. The van der Waals surface area contributed by atoms with Crippen molar-refractivity contribution in [2.45, 2.75) is 20.3 Å². The molecule has 5 nitrogen and oxygen atoms in total. The van der Waals surface area contributed by atoms with Crippen LogP contribution in [0.5, 0.6) is 0 Å². The number of carbonyl (C=O) groups excluding carboxylic acids is 1. The topological polar surface area (TPSA) is 63.2 Å². The van der Waals surface area contributed by atoms with Crippen LogP contribution in [0.1, 0.15) is 28.5 Å². The molecule has 0 saturated carbocycles. The van der Waals surface area contributed by atoms with Crippen molar-refractivity contribution in [2.75, 3.05) is 25.6 Å². The number of ether oxygens (including phenoxy) is 1. The third kappa shape index (κ3) is 4.53. The van der Waals surface area contributed by atoms with E-state index in [1.807, 2.05) is 6.07 Å². The van der Waals surface area contributed by atoms with Crippen LogP contribution in [0.2, 0.25) is 0 Å². The number of methoxy groups -OCH3 is 1. The van der Waals surface area contributed by atoms with Gasteiger partial charge in [0.05, 0.1) is 18.5 Å². The van der Waals surface area contributed by atoms with Crippen LogP contribution in [0.3, 0.4) is 0 Å². The summed E-state index contributed by atoms with van der Waals surface area (Å²) in [4.78, 5) is 16.1. The fourth-order valence-corrected chi connectivity index (χ4v) is 2.31. The quantitative estimate of drug-likeness (QED) is 0.771. The molecular weight excluding hydrogens is 290 g/mol. The van der Waals surface area contributed by atoms with Crippen molar-refractivity contribution >= 4 is 17.3 Å². The van der Waals surface area contributed by atoms with E-state index >= 15 is 0 Å². The molecule has 1 amide bonds. The SMILES string of the molecule is CCc1cccc(C)c1Nc1ccc(C(=O)NCCOC)nc1. The predicted molar refractivity (Wildman–Crippen MR) is 92.3 cm³/mol. The first-order valence-corrected chi connectivity index (χ1v) is 7.74. The van der Waals surface area contributed by atoms with Crippen LogP contribution in [0, 0.1) is 6.92 Å². The van der Waals surface area contributed by atoms with Gasteiger partial charge in [-0.15, -0.1) is 0 Å². The van der Waals surface area contributed by atoms with Gasteiger partial charge in [0, 0.05) is 19.3 Å². The third-order valence-corrected chi connectivity index (χ3v) is 3.60. The summed E-state index contributed by atoms with van der Waals surface area (Å²) in [6, 6.07) is 9.83.